The Labute approximate surface area is 145 Å². The van der Waals surface area contributed by atoms with Crippen molar-refractivity contribution < 1.29 is 13.9 Å². The Balaban J connectivity index is 1.34. The molecule has 2 amide bonds. The summed E-state index contributed by atoms with van der Waals surface area (Å²) in [4.78, 5) is 18.8. The largest absolute Gasteiger partial charge is 0.491 e. The van der Waals surface area contributed by atoms with Gasteiger partial charge in [-0.05, 0) is 43.5 Å². The summed E-state index contributed by atoms with van der Waals surface area (Å²) in [6.45, 7) is 2.03. The number of rotatable bonds is 4. The van der Waals surface area contributed by atoms with Crippen molar-refractivity contribution in [3.05, 3.63) is 48.3 Å². The second-order valence-corrected chi connectivity index (χ2v) is 6.52. The van der Waals surface area contributed by atoms with E-state index in [4.69, 9.17) is 4.74 Å². The molecule has 6 nitrogen and oxygen atoms in total. The quantitative estimate of drug-likeness (QED) is 0.928. The van der Waals surface area contributed by atoms with Crippen LogP contribution in [0.1, 0.15) is 31.1 Å². The molecule has 2 aliphatic rings. The van der Waals surface area contributed by atoms with Crippen molar-refractivity contribution in [1.29, 1.82) is 0 Å². The van der Waals surface area contributed by atoms with Gasteiger partial charge in [0.2, 0.25) is 0 Å². The van der Waals surface area contributed by atoms with Gasteiger partial charge >= 0.3 is 6.03 Å². The summed E-state index contributed by atoms with van der Waals surface area (Å²) in [5.41, 5.74) is 0. The SMILES string of the molecule is O=C(NC1CCn2ccnc21)N1CCC[C@H]1COc1ccc(F)cc1. The number of likely N-dealkylation sites (tertiary alicyclic amines) is 1. The van der Waals surface area contributed by atoms with E-state index in [0.29, 0.717) is 12.4 Å². The second kappa shape index (κ2) is 6.74. The second-order valence-electron chi connectivity index (χ2n) is 6.52. The topological polar surface area (TPSA) is 59.4 Å². The first kappa shape index (κ1) is 15.9. The van der Waals surface area contributed by atoms with Crippen molar-refractivity contribution in [2.45, 2.75) is 37.9 Å². The van der Waals surface area contributed by atoms with Crippen molar-refractivity contribution in [3.8, 4) is 5.75 Å². The van der Waals surface area contributed by atoms with Gasteiger partial charge in [0, 0.05) is 25.5 Å². The minimum Gasteiger partial charge on any atom is -0.491 e. The summed E-state index contributed by atoms with van der Waals surface area (Å²) in [5.74, 6) is 1.25. The molecule has 0 spiro atoms. The molecule has 0 saturated carbocycles. The molecule has 2 aromatic rings. The highest BCUT2D eigenvalue weighted by molar-refractivity contribution is 5.75. The Morgan fingerprint density at radius 2 is 2.12 bits per heavy atom. The lowest BCUT2D eigenvalue weighted by Gasteiger charge is -2.26. The number of nitrogens with zero attached hydrogens (tertiary/aromatic N) is 3. The van der Waals surface area contributed by atoms with E-state index in [9.17, 15) is 9.18 Å². The van der Waals surface area contributed by atoms with Crippen LogP contribution < -0.4 is 10.1 Å². The molecule has 2 aliphatic heterocycles. The fourth-order valence-electron chi connectivity index (χ4n) is 3.59. The van der Waals surface area contributed by atoms with Crippen molar-refractivity contribution in [1.82, 2.24) is 19.8 Å². The minimum atomic E-state index is -0.288. The monoisotopic (exact) mass is 344 g/mol. The Morgan fingerprint density at radius 3 is 2.96 bits per heavy atom. The molecule has 7 heteroatoms. The number of carbonyl (C=O) groups is 1. The zero-order valence-electron chi connectivity index (χ0n) is 13.9. The van der Waals surface area contributed by atoms with E-state index in [1.165, 1.54) is 12.1 Å². The highest BCUT2D eigenvalue weighted by atomic mass is 19.1. The van der Waals surface area contributed by atoms with Crippen LogP contribution in [0.15, 0.2) is 36.7 Å². The smallest absolute Gasteiger partial charge is 0.318 e. The van der Waals surface area contributed by atoms with Gasteiger partial charge in [-0.2, -0.15) is 0 Å². The standard InChI is InChI=1S/C18H21FN4O2/c19-13-3-5-15(6-4-13)25-12-14-2-1-9-23(14)18(24)21-16-7-10-22-11-8-20-17(16)22/h3-6,8,11,14,16H,1-2,7,9-10,12H2,(H,21,24)/t14-,16?/m0/s1. The summed E-state index contributed by atoms with van der Waals surface area (Å²) >= 11 is 0. The van der Waals surface area contributed by atoms with E-state index in [1.54, 1.807) is 18.3 Å². The molecule has 4 rings (SSSR count). The molecule has 2 atom stereocenters. The molecule has 0 aliphatic carbocycles. The van der Waals surface area contributed by atoms with Crippen molar-refractivity contribution in [3.63, 3.8) is 0 Å². The molecule has 132 valence electrons. The van der Waals surface area contributed by atoms with Crippen LogP contribution in [0.3, 0.4) is 0 Å². The van der Waals surface area contributed by atoms with E-state index < -0.39 is 0 Å². The van der Waals surface area contributed by atoms with Crippen LogP contribution in [-0.2, 0) is 6.54 Å². The van der Waals surface area contributed by atoms with Gasteiger partial charge in [-0.1, -0.05) is 0 Å². The number of ether oxygens (including phenoxy) is 1. The lowest BCUT2D eigenvalue weighted by atomic mass is 10.2. The third-order valence-corrected chi connectivity index (χ3v) is 4.91. The van der Waals surface area contributed by atoms with Gasteiger partial charge in [-0.25, -0.2) is 14.2 Å². The molecule has 1 aromatic heterocycles. The summed E-state index contributed by atoms with van der Waals surface area (Å²) < 4.78 is 20.8. The molecule has 1 aromatic carbocycles. The average molecular weight is 344 g/mol. The molecule has 1 unspecified atom stereocenters. The lowest BCUT2D eigenvalue weighted by Crippen LogP contribution is -2.45. The highest BCUT2D eigenvalue weighted by Gasteiger charge is 2.32. The van der Waals surface area contributed by atoms with E-state index >= 15 is 0 Å². The predicted molar refractivity (Wildman–Crippen MR) is 89.7 cm³/mol. The van der Waals surface area contributed by atoms with E-state index in [1.807, 2.05) is 11.1 Å². The number of halogens is 1. The number of urea groups is 1. The van der Waals surface area contributed by atoms with Gasteiger partial charge < -0.3 is 19.5 Å². The number of nitrogens with one attached hydrogen (secondary N) is 1. The molecule has 1 N–H and O–H groups in total. The molecule has 1 saturated heterocycles. The summed E-state index contributed by atoms with van der Waals surface area (Å²) in [6, 6.07) is 5.90. The maximum Gasteiger partial charge on any atom is 0.318 e. The van der Waals surface area contributed by atoms with Crippen LogP contribution in [0.5, 0.6) is 5.75 Å². The molecule has 1 fully saturated rings. The first-order valence-corrected chi connectivity index (χ1v) is 8.67. The van der Waals surface area contributed by atoms with Gasteiger partial charge in [0.1, 0.15) is 24.0 Å². The molecule has 3 heterocycles. The number of hydrogen-bond acceptors (Lipinski definition) is 3. The summed E-state index contributed by atoms with van der Waals surface area (Å²) in [6.07, 6.45) is 6.46. The number of aryl methyl sites for hydroxylation is 1. The summed E-state index contributed by atoms with van der Waals surface area (Å²) in [7, 11) is 0. The fraction of sp³-hybridized carbons (Fsp3) is 0.444. The number of fused-ring (bicyclic) bond motifs is 1. The average Bonchev–Trinajstić information content (AvgIpc) is 3.32. The Bertz CT molecular complexity index is 746. The van der Waals surface area contributed by atoms with Gasteiger partial charge in [-0.3, -0.25) is 0 Å². The Hall–Kier alpha value is -2.57. The summed E-state index contributed by atoms with van der Waals surface area (Å²) in [5, 5.41) is 3.10. The zero-order chi connectivity index (χ0) is 17.2. The van der Waals surface area contributed by atoms with Crippen LogP contribution >= 0.6 is 0 Å². The number of imidazole rings is 1. The van der Waals surface area contributed by atoms with Crippen molar-refractivity contribution in [2.75, 3.05) is 13.2 Å². The highest BCUT2D eigenvalue weighted by Crippen LogP contribution is 2.25. The van der Waals surface area contributed by atoms with Crippen LogP contribution in [0.4, 0.5) is 9.18 Å². The normalized spacial score (nSPS) is 22.0. The first-order chi connectivity index (χ1) is 12.2. The third-order valence-electron chi connectivity index (χ3n) is 4.91. The third kappa shape index (κ3) is 3.31. The van der Waals surface area contributed by atoms with Crippen LogP contribution in [0, 0.1) is 5.82 Å². The fourth-order valence-corrected chi connectivity index (χ4v) is 3.59. The van der Waals surface area contributed by atoms with E-state index in [-0.39, 0.29) is 23.9 Å². The van der Waals surface area contributed by atoms with Crippen LogP contribution in [0.2, 0.25) is 0 Å². The zero-order valence-corrected chi connectivity index (χ0v) is 13.9. The van der Waals surface area contributed by atoms with Crippen molar-refractivity contribution >= 4 is 6.03 Å². The molecular weight excluding hydrogens is 323 g/mol. The molecular formula is C18H21FN4O2. The van der Waals surface area contributed by atoms with Gasteiger partial charge in [0.15, 0.2) is 0 Å². The minimum absolute atomic E-state index is 0.0261. The van der Waals surface area contributed by atoms with Crippen LogP contribution in [-0.4, -0.2) is 39.7 Å². The molecule has 0 bridgehead atoms. The Morgan fingerprint density at radius 1 is 1.28 bits per heavy atom. The first-order valence-electron chi connectivity index (χ1n) is 8.67. The Kier molecular flexibility index (Phi) is 4.29. The number of carbonyl (C=O) groups excluding carboxylic acids is 1. The van der Waals surface area contributed by atoms with Crippen molar-refractivity contribution in [2.24, 2.45) is 0 Å². The maximum atomic E-state index is 12.9. The lowest BCUT2D eigenvalue weighted by molar-refractivity contribution is 0.162. The van der Waals surface area contributed by atoms with Crippen LogP contribution in [0.25, 0.3) is 0 Å². The van der Waals surface area contributed by atoms with Gasteiger partial charge in [0.05, 0.1) is 12.1 Å². The number of amides is 2. The number of aromatic nitrogens is 2. The van der Waals surface area contributed by atoms with E-state index in [2.05, 4.69) is 14.9 Å². The molecule has 0 radical (unpaired) electrons. The van der Waals surface area contributed by atoms with Gasteiger partial charge in [-0.15, -0.1) is 0 Å². The number of benzene rings is 1. The number of hydrogen-bond donors (Lipinski definition) is 1. The van der Waals surface area contributed by atoms with Gasteiger partial charge in [0.25, 0.3) is 0 Å². The van der Waals surface area contributed by atoms with E-state index in [0.717, 1.165) is 38.2 Å². The molecule has 25 heavy (non-hydrogen) atoms. The maximum absolute atomic E-state index is 12.9. The predicted octanol–water partition coefficient (Wildman–Crippen LogP) is 2.72.